The fourth-order valence-electron chi connectivity index (χ4n) is 3.06. The summed E-state index contributed by atoms with van der Waals surface area (Å²) in [5, 5.41) is 13.3. The van der Waals surface area contributed by atoms with E-state index in [0.29, 0.717) is 22.4 Å². The van der Waals surface area contributed by atoms with Crippen molar-refractivity contribution in [2.75, 3.05) is 0 Å². The maximum atomic E-state index is 12.9. The van der Waals surface area contributed by atoms with Crippen LogP contribution in [0.25, 0.3) is 28.2 Å². The molecule has 0 spiro atoms. The monoisotopic (exact) mass is 373 g/mol. The summed E-state index contributed by atoms with van der Waals surface area (Å²) in [5.41, 5.74) is 3.63. The van der Waals surface area contributed by atoms with Crippen LogP contribution in [0.15, 0.2) is 59.4 Å². The molecular formula is C21H15N3O4. The Balaban J connectivity index is 1.85. The number of aromatic nitrogens is 3. The summed E-state index contributed by atoms with van der Waals surface area (Å²) in [7, 11) is 0. The number of benzene rings is 1. The third-order valence-electron chi connectivity index (χ3n) is 4.29. The van der Waals surface area contributed by atoms with Gasteiger partial charge in [0.2, 0.25) is 5.78 Å². The lowest BCUT2D eigenvalue weighted by molar-refractivity contribution is -0.131. The average Bonchev–Trinajstić information content (AvgIpc) is 3.32. The van der Waals surface area contributed by atoms with E-state index in [0.717, 1.165) is 22.8 Å². The molecule has 0 amide bonds. The summed E-state index contributed by atoms with van der Waals surface area (Å²) in [6, 6.07) is 10.8. The number of ketones is 1. The molecule has 2 N–H and O–H groups in total. The number of fused-ring (bicyclic) bond motifs is 1. The fraction of sp³-hybridized carbons (Fsp3) is 0.0476. The van der Waals surface area contributed by atoms with Gasteiger partial charge in [-0.05, 0) is 41.8 Å². The van der Waals surface area contributed by atoms with Gasteiger partial charge in [0.15, 0.2) is 5.69 Å². The van der Waals surface area contributed by atoms with E-state index >= 15 is 0 Å². The number of nitrogens with zero attached hydrogens (tertiary/aromatic N) is 2. The SMILES string of the molecule is Cc1cc(C(=O)c2c[nH]c3nccc(-c4cccc(/C=C/C(=O)O)c4)c23)no1. The number of aliphatic carboxylic acids is 1. The van der Waals surface area contributed by atoms with Gasteiger partial charge in [0.1, 0.15) is 11.4 Å². The number of hydrogen-bond acceptors (Lipinski definition) is 5. The van der Waals surface area contributed by atoms with Crippen molar-refractivity contribution >= 4 is 28.9 Å². The number of hydrogen-bond donors (Lipinski definition) is 2. The minimum Gasteiger partial charge on any atom is -0.478 e. The Morgan fingerprint density at radius 2 is 2.07 bits per heavy atom. The summed E-state index contributed by atoms with van der Waals surface area (Å²) in [6.07, 6.45) is 5.87. The molecule has 1 aromatic carbocycles. The van der Waals surface area contributed by atoms with Crippen LogP contribution < -0.4 is 0 Å². The number of pyridine rings is 1. The number of aromatic amines is 1. The molecule has 138 valence electrons. The zero-order valence-corrected chi connectivity index (χ0v) is 14.8. The third kappa shape index (κ3) is 3.21. The van der Waals surface area contributed by atoms with Crippen LogP contribution in [0.1, 0.15) is 27.4 Å². The molecule has 3 aromatic heterocycles. The Bertz CT molecular complexity index is 1230. The van der Waals surface area contributed by atoms with E-state index in [1.54, 1.807) is 25.4 Å². The Morgan fingerprint density at radius 1 is 1.21 bits per heavy atom. The first-order valence-corrected chi connectivity index (χ1v) is 8.48. The standard InChI is InChI=1S/C21H15N3O4/c1-12-9-17(24-28-12)20(27)16-11-23-21-19(16)15(7-8-22-21)14-4-2-3-13(10-14)5-6-18(25)26/h2-11H,1H3,(H,22,23)(H,25,26)/b6-5+. The highest BCUT2D eigenvalue weighted by molar-refractivity contribution is 6.18. The molecule has 7 nitrogen and oxygen atoms in total. The van der Waals surface area contributed by atoms with Crippen LogP contribution >= 0.6 is 0 Å². The molecule has 0 aliphatic heterocycles. The number of carbonyl (C=O) groups excluding carboxylic acids is 1. The highest BCUT2D eigenvalue weighted by Crippen LogP contribution is 2.31. The maximum absolute atomic E-state index is 12.9. The first kappa shape index (κ1) is 17.4. The fourth-order valence-corrected chi connectivity index (χ4v) is 3.06. The van der Waals surface area contributed by atoms with Crippen LogP contribution in [0, 0.1) is 6.92 Å². The molecule has 4 aromatic rings. The molecule has 0 fully saturated rings. The molecule has 0 saturated carbocycles. The summed E-state index contributed by atoms with van der Waals surface area (Å²) >= 11 is 0. The van der Waals surface area contributed by atoms with Crippen molar-refractivity contribution in [3.05, 3.63) is 77.4 Å². The molecule has 0 radical (unpaired) electrons. The van der Waals surface area contributed by atoms with Gasteiger partial charge >= 0.3 is 5.97 Å². The molecule has 0 aliphatic rings. The van der Waals surface area contributed by atoms with E-state index in [1.165, 1.54) is 6.08 Å². The van der Waals surface area contributed by atoms with Crippen molar-refractivity contribution in [3.63, 3.8) is 0 Å². The summed E-state index contributed by atoms with van der Waals surface area (Å²) in [4.78, 5) is 31.0. The number of aryl methyl sites for hydroxylation is 1. The predicted octanol–water partition coefficient (Wildman–Crippen LogP) is 3.86. The van der Waals surface area contributed by atoms with Gasteiger partial charge in [0.25, 0.3) is 0 Å². The minimum absolute atomic E-state index is 0.228. The lowest BCUT2D eigenvalue weighted by atomic mass is 9.97. The Morgan fingerprint density at radius 3 is 2.82 bits per heavy atom. The van der Waals surface area contributed by atoms with Crippen molar-refractivity contribution in [2.24, 2.45) is 0 Å². The van der Waals surface area contributed by atoms with Gasteiger partial charge in [-0.25, -0.2) is 9.78 Å². The lowest BCUT2D eigenvalue weighted by Gasteiger charge is -2.06. The Hall–Kier alpha value is -4.00. The van der Waals surface area contributed by atoms with Crippen molar-refractivity contribution in [1.29, 1.82) is 0 Å². The zero-order chi connectivity index (χ0) is 19.7. The van der Waals surface area contributed by atoms with Gasteiger partial charge in [-0.1, -0.05) is 23.4 Å². The smallest absolute Gasteiger partial charge is 0.328 e. The second-order valence-electron chi connectivity index (χ2n) is 6.23. The van der Waals surface area contributed by atoms with Crippen LogP contribution in [0.5, 0.6) is 0 Å². The topological polar surface area (TPSA) is 109 Å². The largest absolute Gasteiger partial charge is 0.478 e. The Labute approximate surface area is 159 Å². The third-order valence-corrected chi connectivity index (χ3v) is 4.29. The molecule has 4 rings (SSSR count). The molecule has 0 saturated heterocycles. The molecule has 28 heavy (non-hydrogen) atoms. The van der Waals surface area contributed by atoms with E-state index in [9.17, 15) is 9.59 Å². The normalized spacial score (nSPS) is 11.3. The molecule has 0 aliphatic carbocycles. The highest BCUT2D eigenvalue weighted by Gasteiger charge is 2.20. The Kier molecular flexibility index (Phi) is 4.33. The minimum atomic E-state index is -1.02. The van der Waals surface area contributed by atoms with E-state index in [4.69, 9.17) is 9.63 Å². The summed E-state index contributed by atoms with van der Waals surface area (Å²) < 4.78 is 5.02. The predicted molar refractivity (Wildman–Crippen MR) is 103 cm³/mol. The first-order valence-electron chi connectivity index (χ1n) is 8.48. The van der Waals surface area contributed by atoms with Crippen molar-refractivity contribution in [2.45, 2.75) is 6.92 Å². The number of carboxylic acids is 1. The van der Waals surface area contributed by atoms with Gasteiger partial charge < -0.3 is 14.6 Å². The molecule has 3 heterocycles. The average molecular weight is 373 g/mol. The van der Waals surface area contributed by atoms with Crippen LogP contribution in [-0.4, -0.2) is 32.0 Å². The van der Waals surface area contributed by atoms with Crippen molar-refractivity contribution in [1.82, 2.24) is 15.1 Å². The number of carboxylic acid groups (broad SMARTS) is 1. The van der Waals surface area contributed by atoms with Crippen molar-refractivity contribution < 1.29 is 19.2 Å². The molecule has 0 atom stereocenters. The quantitative estimate of drug-likeness (QED) is 0.406. The van der Waals surface area contributed by atoms with Gasteiger partial charge in [-0.15, -0.1) is 0 Å². The second kappa shape index (κ2) is 6.96. The van der Waals surface area contributed by atoms with Gasteiger partial charge in [0, 0.05) is 29.9 Å². The molecular weight excluding hydrogens is 358 g/mol. The zero-order valence-electron chi connectivity index (χ0n) is 14.8. The van der Waals surface area contributed by atoms with Gasteiger partial charge in [-0.3, -0.25) is 4.79 Å². The van der Waals surface area contributed by atoms with Gasteiger partial charge in [0.05, 0.1) is 5.56 Å². The summed E-state index contributed by atoms with van der Waals surface area (Å²) in [6.45, 7) is 1.72. The van der Waals surface area contributed by atoms with E-state index < -0.39 is 5.97 Å². The maximum Gasteiger partial charge on any atom is 0.328 e. The van der Waals surface area contributed by atoms with Crippen LogP contribution in [0.3, 0.4) is 0 Å². The highest BCUT2D eigenvalue weighted by atomic mass is 16.5. The van der Waals surface area contributed by atoms with Crippen LogP contribution in [0.4, 0.5) is 0 Å². The van der Waals surface area contributed by atoms with E-state index in [2.05, 4.69) is 15.1 Å². The van der Waals surface area contributed by atoms with Crippen LogP contribution in [-0.2, 0) is 4.79 Å². The first-order chi connectivity index (χ1) is 13.5. The molecule has 7 heteroatoms. The lowest BCUT2D eigenvalue weighted by Crippen LogP contribution is -2.01. The molecule has 0 bridgehead atoms. The van der Waals surface area contributed by atoms with E-state index in [-0.39, 0.29) is 11.5 Å². The number of H-pyrrole nitrogens is 1. The molecule has 0 unspecified atom stereocenters. The number of carbonyl (C=O) groups is 2. The summed E-state index contributed by atoms with van der Waals surface area (Å²) in [5.74, 6) is -0.725. The van der Waals surface area contributed by atoms with E-state index in [1.807, 2.05) is 30.3 Å². The van der Waals surface area contributed by atoms with Gasteiger partial charge in [-0.2, -0.15) is 0 Å². The number of rotatable bonds is 5. The van der Waals surface area contributed by atoms with Crippen molar-refractivity contribution in [3.8, 4) is 11.1 Å². The van der Waals surface area contributed by atoms with Crippen LogP contribution in [0.2, 0.25) is 0 Å². The second-order valence-corrected chi connectivity index (χ2v) is 6.23. The number of nitrogens with one attached hydrogen (secondary N) is 1.